The number of carbonyl (C=O) groups excluding carboxylic acids is 3. The molecule has 0 aliphatic carbocycles. The molecule has 9 nitrogen and oxygen atoms in total. The number of benzene rings is 2. The van der Waals surface area contributed by atoms with Crippen LogP contribution in [0.4, 0.5) is 15.3 Å². The van der Waals surface area contributed by atoms with Crippen LogP contribution in [0, 0.1) is 0 Å². The molecule has 2 aromatic carbocycles. The molecule has 0 saturated carbocycles. The molecule has 34 heavy (non-hydrogen) atoms. The Morgan fingerprint density at radius 3 is 2.62 bits per heavy atom. The Hall–Kier alpha value is -3.34. The zero-order valence-corrected chi connectivity index (χ0v) is 20.0. The van der Waals surface area contributed by atoms with Crippen molar-refractivity contribution in [3.05, 3.63) is 65.2 Å². The fraction of sp³-hybridized carbons (Fsp3) is 0.348. The van der Waals surface area contributed by atoms with E-state index in [2.05, 4.69) is 21.0 Å². The number of carbonyl (C=O) groups is 3. The topological polar surface area (TPSA) is 106 Å². The van der Waals surface area contributed by atoms with Gasteiger partial charge in [0, 0.05) is 30.6 Å². The molecule has 2 heterocycles. The summed E-state index contributed by atoms with van der Waals surface area (Å²) >= 11 is 1.27. The molecule has 0 bridgehead atoms. The Kier molecular flexibility index (Phi) is 7.51. The highest BCUT2D eigenvalue weighted by molar-refractivity contribution is 8.00. The van der Waals surface area contributed by atoms with Crippen LogP contribution in [0.1, 0.15) is 35.7 Å². The average Bonchev–Trinajstić information content (AvgIpc) is 3.27. The van der Waals surface area contributed by atoms with Gasteiger partial charge in [-0.15, -0.1) is 11.8 Å². The lowest BCUT2D eigenvalue weighted by Gasteiger charge is -2.35. The van der Waals surface area contributed by atoms with Crippen LogP contribution in [-0.2, 0) is 11.3 Å². The second-order valence-corrected chi connectivity index (χ2v) is 9.04. The van der Waals surface area contributed by atoms with E-state index in [1.54, 1.807) is 4.90 Å². The monoisotopic (exact) mass is 478 g/mol. The maximum atomic E-state index is 13.4. The summed E-state index contributed by atoms with van der Waals surface area (Å²) < 4.78 is 0. The molecular formula is C23H27BN6O3S. The lowest BCUT2D eigenvalue weighted by Crippen LogP contribution is -2.40. The summed E-state index contributed by atoms with van der Waals surface area (Å²) in [6.45, 7) is 3.08. The number of para-hydroxylation sites is 1. The molecule has 3 amide bonds. The summed E-state index contributed by atoms with van der Waals surface area (Å²) in [4.78, 5) is 39.0. The minimum absolute atomic E-state index is 0.125. The lowest BCUT2D eigenvalue weighted by molar-refractivity contribution is -0.109. The highest BCUT2D eigenvalue weighted by Gasteiger charge is 2.40. The number of hydrogen-bond acceptors (Lipinski definition) is 7. The number of urea groups is 1. The Labute approximate surface area is 203 Å². The van der Waals surface area contributed by atoms with Crippen LogP contribution in [-0.4, -0.2) is 55.0 Å². The second-order valence-electron chi connectivity index (χ2n) is 8.05. The zero-order chi connectivity index (χ0) is 24.1. The molecule has 11 heteroatoms. The van der Waals surface area contributed by atoms with Crippen molar-refractivity contribution in [3.63, 3.8) is 0 Å². The van der Waals surface area contributed by atoms with Crippen LogP contribution < -0.4 is 15.5 Å². The number of hydrogen-bond donors (Lipinski definition) is 2. The minimum atomic E-state index is -0.309. The molecule has 176 valence electrons. The average molecular weight is 478 g/mol. The second kappa shape index (κ2) is 10.7. The first kappa shape index (κ1) is 23.8. The van der Waals surface area contributed by atoms with Gasteiger partial charge in [0.15, 0.2) is 5.81 Å². The summed E-state index contributed by atoms with van der Waals surface area (Å²) in [7, 11) is 1.32. The summed E-state index contributed by atoms with van der Waals surface area (Å²) in [5, 5.41) is 16.0. The lowest BCUT2D eigenvalue weighted by atomic mass is 9.71. The largest absolute Gasteiger partial charge is 0.341 e. The van der Waals surface area contributed by atoms with Gasteiger partial charge in [0.05, 0.1) is 12.4 Å². The first-order valence-electron chi connectivity index (χ1n) is 11.2. The summed E-state index contributed by atoms with van der Waals surface area (Å²) in [5.74, 6) is 0.191. The Balaban J connectivity index is 1.58. The zero-order valence-electron chi connectivity index (χ0n) is 19.2. The van der Waals surface area contributed by atoms with Crippen molar-refractivity contribution in [2.75, 3.05) is 30.1 Å². The molecule has 4 rings (SSSR count). The molecule has 2 aliphatic heterocycles. The maximum absolute atomic E-state index is 13.4. The predicted molar refractivity (Wildman–Crippen MR) is 134 cm³/mol. The quantitative estimate of drug-likeness (QED) is 0.361. The van der Waals surface area contributed by atoms with Crippen molar-refractivity contribution < 1.29 is 14.4 Å². The van der Waals surface area contributed by atoms with E-state index in [0.717, 1.165) is 22.4 Å². The van der Waals surface area contributed by atoms with Gasteiger partial charge in [-0.2, -0.15) is 5.11 Å². The molecule has 0 saturated heterocycles. The predicted octanol–water partition coefficient (Wildman–Crippen LogP) is 3.19. The maximum Gasteiger partial charge on any atom is 0.315 e. The number of rotatable bonds is 7. The number of fused-ring (bicyclic) bond motifs is 5. The van der Waals surface area contributed by atoms with Gasteiger partial charge in [-0.1, -0.05) is 47.7 Å². The van der Waals surface area contributed by atoms with E-state index in [4.69, 9.17) is 0 Å². The van der Waals surface area contributed by atoms with Gasteiger partial charge in [-0.25, -0.2) is 4.79 Å². The van der Waals surface area contributed by atoms with E-state index in [-0.39, 0.29) is 42.6 Å². The van der Waals surface area contributed by atoms with Gasteiger partial charge in [0.2, 0.25) is 0 Å². The van der Waals surface area contributed by atoms with Gasteiger partial charge >= 0.3 is 13.3 Å². The smallest absolute Gasteiger partial charge is 0.315 e. The normalized spacial score (nSPS) is 18.2. The molecule has 2 atom stereocenters. The molecule has 0 spiro atoms. The van der Waals surface area contributed by atoms with E-state index in [1.807, 2.05) is 60.5 Å². The van der Waals surface area contributed by atoms with Gasteiger partial charge < -0.3 is 20.3 Å². The fourth-order valence-corrected chi connectivity index (χ4v) is 5.00. The van der Waals surface area contributed by atoms with Crippen molar-refractivity contribution >= 4 is 42.2 Å². The third-order valence-corrected chi connectivity index (χ3v) is 6.83. The van der Waals surface area contributed by atoms with Crippen molar-refractivity contribution in [3.8, 4) is 0 Å². The van der Waals surface area contributed by atoms with Crippen LogP contribution >= 0.6 is 11.8 Å². The molecule has 2 N–H and O–H groups in total. The van der Waals surface area contributed by atoms with E-state index < -0.39 is 0 Å². The molecule has 2 unspecified atom stereocenters. The first-order chi connectivity index (χ1) is 16.5. The fourth-order valence-electron chi connectivity index (χ4n) is 4.34. The number of nitrogens with one attached hydrogen (secondary N) is 2. The van der Waals surface area contributed by atoms with E-state index >= 15 is 0 Å². The van der Waals surface area contributed by atoms with Crippen LogP contribution in [0.2, 0.25) is 0 Å². The first-order valence-corrected chi connectivity index (χ1v) is 12.4. The van der Waals surface area contributed by atoms with Crippen LogP contribution in [0.25, 0.3) is 0 Å². The highest BCUT2D eigenvalue weighted by Crippen LogP contribution is 2.47. The number of anilines is 1. The summed E-state index contributed by atoms with van der Waals surface area (Å²) in [5.41, 5.74) is 3.61. The Bertz CT molecular complexity index is 1110. The van der Waals surface area contributed by atoms with Gasteiger partial charge in [-0.05, 0) is 24.1 Å². The van der Waals surface area contributed by atoms with Gasteiger partial charge in [0.1, 0.15) is 17.8 Å². The SMILES string of the molecule is CCN1N=NC2c3ccccc3CN(C(=O)BC(=O)CSCNC(=O)NC)c3ccccc3C21. The van der Waals surface area contributed by atoms with E-state index in [0.29, 0.717) is 19.0 Å². The number of nitrogens with zero attached hydrogens (tertiary/aromatic N) is 4. The number of likely N-dealkylation sites (N-methyl/N-ethyl adjacent to an activating group) is 1. The molecule has 0 fully saturated rings. The molecular weight excluding hydrogens is 451 g/mol. The van der Waals surface area contributed by atoms with Crippen molar-refractivity contribution in [2.45, 2.75) is 25.6 Å². The third-order valence-electron chi connectivity index (χ3n) is 5.96. The van der Waals surface area contributed by atoms with Gasteiger partial charge in [-0.3, -0.25) is 9.80 Å². The van der Waals surface area contributed by atoms with E-state index in [9.17, 15) is 14.4 Å². The molecule has 2 aliphatic rings. The highest BCUT2D eigenvalue weighted by atomic mass is 32.2. The van der Waals surface area contributed by atoms with Gasteiger partial charge in [0.25, 0.3) is 0 Å². The molecule has 2 aromatic rings. The summed E-state index contributed by atoms with van der Waals surface area (Å²) in [6, 6.07) is 15.2. The third kappa shape index (κ3) is 4.94. The van der Waals surface area contributed by atoms with Crippen molar-refractivity contribution in [1.29, 1.82) is 0 Å². The molecule has 0 radical (unpaired) electrons. The van der Waals surface area contributed by atoms with E-state index in [1.165, 1.54) is 18.8 Å². The Morgan fingerprint density at radius 2 is 1.85 bits per heavy atom. The number of amides is 3. The minimum Gasteiger partial charge on any atom is -0.341 e. The van der Waals surface area contributed by atoms with Crippen LogP contribution in [0.3, 0.4) is 0 Å². The molecule has 0 aromatic heterocycles. The standard InChI is InChI=1S/C23H27BN6O3S/c1-3-30-21-17-10-6-7-11-18(17)29(12-15-8-4-5-9-16(15)20(21)27-28-30)22(32)24-19(31)13-34-14-26-23(33)25-2/h4-11,20-21,24H,3,12-14H2,1-2H3,(H2,25,26,33). The van der Waals surface area contributed by atoms with Crippen molar-refractivity contribution in [1.82, 2.24) is 15.6 Å². The van der Waals surface area contributed by atoms with Crippen molar-refractivity contribution in [2.24, 2.45) is 10.3 Å². The van der Waals surface area contributed by atoms with Crippen LogP contribution in [0.5, 0.6) is 0 Å². The van der Waals surface area contributed by atoms with Crippen LogP contribution in [0.15, 0.2) is 58.9 Å². The summed E-state index contributed by atoms with van der Waals surface area (Å²) in [6.07, 6.45) is 0. The Morgan fingerprint density at radius 1 is 1.12 bits per heavy atom. The number of thioether (sulfide) groups is 1.